The minimum absolute atomic E-state index is 0.0856. The second kappa shape index (κ2) is 11.7. The van der Waals surface area contributed by atoms with E-state index in [4.69, 9.17) is 14.2 Å². The van der Waals surface area contributed by atoms with Crippen LogP contribution >= 0.6 is 0 Å². The van der Waals surface area contributed by atoms with Gasteiger partial charge in [0.1, 0.15) is 18.1 Å². The molecule has 1 saturated heterocycles. The Morgan fingerprint density at radius 1 is 1.00 bits per heavy atom. The van der Waals surface area contributed by atoms with E-state index in [9.17, 15) is 4.79 Å². The van der Waals surface area contributed by atoms with E-state index in [2.05, 4.69) is 30.0 Å². The third-order valence-electron chi connectivity index (χ3n) is 7.15. The molecule has 0 aliphatic carbocycles. The fraction of sp³-hybridized carbons (Fsp3) is 0.536. The smallest absolute Gasteiger partial charge is 0.254 e. The maximum absolute atomic E-state index is 13.4. The zero-order valence-electron chi connectivity index (χ0n) is 20.8. The van der Waals surface area contributed by atoms with Crippen LogP contribution in [0.2, 0.25) is 0 Å². The number of methoxy groups -OCH3 is 2. The van der Waals surface area contributed by atoms with E-state index in [-0.39, 0.29) is 18.1 Å². The van der Waals surface area contributed by atoms with Crippen molar-refractivity contribution in [2.24, 2.45) is 0 Å². The summed E-state index contributed by atoms with van der Waals surface area (Å²) in [6.07, 6.45) is 5.15. The van der Waals surface area contributed by atoms with Gasteiger partial charge in [-0.15, -0.1) is 0 Å². The number of piperidine rings is 1. The first kappa shape index (κ1) is 24.6. The number of amides is 1. The van der Waals surface area contributed by atoms with Gasteiger partial charge < -0.3 is 19.1 Å². The van der Waals surface area contributed by atoms with Crippen LogP contribution in [0.4, 0.5) is 0 Å². The molecule has 1 fully saturated rings. The van der Waals surface area contributed by atoms with Crippen molar-refractivity contribution in [1.82, 2.24) is 9.80 Å². The molecule has 184 valence electrons. The molecule has 0 spiro atoms. The summed E-state index contributed by atoms with van der Waals surface area (Å²) < 4.78 is 17.6. The molecule has 0 unspecified atom stereocenters. The van der Waals surface area contributed by atoms with Crippen LogP contribution in [0, 0.1) is 6.92 Å². The minimum atomic E-state index is 0.0856. The Morgan fingerprint density at radius 2 is 1.85 bits per heavy atom. The van der Waals surface area contributed by atoms with Crippen molar-refractivity contribution < 1.29 is 19.0 Å². The van der Waals surface area contributed by atoms with Crippen LogP contribution in [-0.4, -0.2) is 68.3 Å². The Kier molecular flexibility index (Phi) is 8.46. The van der Waals surface area contributed by atoms with Gasteiger partial charge in [0.15, 0.2) is 0 Å². The van der Waals surface area contributed by atoms with Crippen LogP contribution in [0.15, 0.2) is 42.5 Å². The summed E-state index contributed by atoms with van der Waals surface area (Å²) in [7, 11) is 3.52. The van der Waals surface area contributed by atoms with E-state index in [1.165, 1.54) is 5.56 Å². The van der Waals surface area contributed by atoms with Gasteiger partial charge in [0.05, 0.1) is 19.3 Å². The summed E-state index contributed by atoms with van der Waals surface area (Å²) in [6.45, 7) is 6.05. The standard InChI is InChI=1S/C28H38N2O4/c1-21-9-6-11-23(27(21)33-3)20-29-15-5-4-13-25-26(32-2)14-8-16-30(25)28(31)22-10-7-12-24(19-22)34-18-17-29/h6-7,9-12,19,25-26H,4-5,8,13-18,20H2,1-3H3/t25-,26-/m0/s1. The van der Waals surface area contributed by atoms with Crippen LogP contribution in [0.1, 0.15) is 53.6 Å². The van der Waals surface area contributed by atoms with E-state index < -0.39 is 0 Å². The molecule has 2 aromatic carbocycles. The summed E-state index contributed by atoms with van der Waals surface area (Å²) in [5, 5.41) is 0. The predicted molar refractivity (Wildman–Crippen MR) is 134 cm³/mol. The first-order chi connectivity index (χ1) is 16.6. The molecule has 2 aliphatic rings. The number of fused-ring (bicyclic) bond motifs is 3. The summed E-state index contributed by atoms with van der Waals surface area (Å²) >= 11 is 0. The number of ether oxygens (including phenoxy) is 3. The highest BCUT2D eigenvalue weighted by Crippen LogP contribution is 2.28. The lowest BCUT2D eigenvalue weighted by atomic mass is 9.93. The molecule has 4 rings (SSSR count). The number of hydrogen-bond donors (Lipinski definition) is 0. The molecule has 1 amide bonds. The number of benzene rings is 2. The van der Waals surface area contributed by atoms with Crippen LogP contribution in [0.5, 0.6) is 11.5 Å². The SMILES string of the molecule is COc1c(C)cccc1CN1CCCC[C@H]2[C@@H](OC)CCCN2C(=O)c2cccc(c2)OCC1. The molecule has 2 atom stereocenters. The predicted octanol–water partition coefficient (Wildman–Crippen LogP) is 4.69. The highest BCUT2D eigenvalue weighted by molar-refractivity contribution is 5.95. The summed E-state index contributed by atoms with van der Waals surface area (Å²) in [5.74, 6) is 1.80. The van der Waals surface area contributed by atoms with E-state index in [0.717, 1.165) is 75.3 Å². The zero-order chi connectivity index (χ0) is 23.9. The lowest BCUT2D eigenvalue weighted by Crippen LogP contribution is -2.51. The molecule has 0 saturated carbocycles. The molecular formula is C28H38N2O4. The highest BCUT2D eigenvalue weighted by Gasteiger charge is 2.34. The van der Waals surface area contributed by atoms with Crippen LogP contribution in [0.25, 0.3) is 0 Å². The Bertz CT molecular complexity index is 963. The van der Waals surface area contributed by atoms with Gasteiger partial charge in [-0.25, -0.2) is 0 Å². The van der Waals surface area contributed by atoms with Gasteiger partial charge in [-0.1, -0.05) is 30.7 Å². The number of hydrogen-bond acceptors (Lipinski definition) is 5. The van der Waals surface area contributed by atoms with Crippen molar-refractivity contribution in [2.75, 3.05) is 40.5 Å². The third-order valence-corrected chi connectivity index (χ3v) is 7.15. The summed E-state index contributed by atoms with van der Waals surface area (Å²) in [6, 6.07) is 14.1. The Morgan fingerprint density at radius 3 is 2.68 bits per heavy atom. The van der Waals surface area contributed by atoms with Crippen molar-refractivity contribution in [3.05, 3.63) is 59.2 Å². The first-order valence-electron chi connectivity index (χ1n) is 12.5. The Balaban J connectivity index is 1.55. The lowest BCUT2D eigenvalue weighted by molar-refractivity contribution is -0.0156. The molecule has 2 aliphatic heterocycles. The van der Waals surface area contributed by atoms with E-state index in [1.807, 2.05) is 29.2 Å². The molecule has 0 aromatic heterocycles. The molecule has 6 heteroatoms. The molecule has 2 bridgehead atoms. The molecule has 2 aromatic rings. The quantitative estimate of drug-likeness (QED) is 0.654. The average molecular weight is 467 g/mol. The number of carbonyl (C=O) groups excluding carboxylic acids is 1. The molecule has 2 heterocycles. The molecule has 6 nitrogen and oxygen atoms in total. The molecule has 0 radical (unpaired) electrons. The lowest BCUT2D eigenvalue weighted by Gasteiger charge is -2.41. The van der Waals surface area contributed by atoms with E-state index in [0.29, 0.717) is 12.2 Å². The van der Waals surface area contributed by atoms with Crippen molar-refractivity contribution in [3.8, 4) is 11.5 Å². The summed E-state index contributed by atoms with van der Waals surface area (Å²) in [4.78, 5) is 17.9. The van der Waals surface area contributed by atoms with Gasteiger partial charge in [-0.05, 0) is 62.9 Å². The second-order valence-corrected chi connectivity index (χ2v) is 9.40. The third kappa shape index (κ3) is 5.73. The first-order valence-corrected chi connectivity index (χ1v) is 12.5. The van der Waals surface area contributed by atoms with Crippen molar-refractivity contribution >= 4 is 5.91 Å². The number of nitrogens with zero attached hydrogens (tertiary/aromatic N) is 2. The van der Waals surface area contributed by atoms with Gasteiger partial charge in [0.25, 0.3) is 5.91 Å². The Hall–Kier alpha value is -2.57. The number of carbonyl (C=O) groups is 1. The van der Waals surface area contributed by atoms with Crippen LogP contribution in [0.3, 0.4) is 0 Å². The maximum atomic E-state index is 13.4. The normalized spacial score (nSPS) is 22.4. The van der Waals surface area contributed by atoms with E-state index >= 15 is 0 Å². The van der Waals surface area contributed by atoms with Crippen LogP contribution < -0.4 is 9.47 Å². The number of para-hydroxylation sites is 1. The monoisotopic (exact) mass is 466 g/mol. The van der Waals surface area contributed by atoms with Gasteiger partial charge in [-0.3, -0.25) is 9.69 Å². The number of rotatable bonds is 4. The van der Waals surface area contributed by atoms with E-state index in [1.54, 1.807) is 14.2 Å². The van der Waals surface area contributed by atoms with Crippen molar-refractivity contribution in [2.45, 2.75) is 57.7 Å². The van der Waals surface area contributed by atoms with Crippen molar-refractivity contribution in [3.63, 3.8) is 0 Å². The fourth-order valence-electron chi connectivity index (χ4n) is 5.40. The van der Waals surface area contributed by atoms with Gasteiger partial charge >= 0.3 is 0 Å². The molecule has 34 heavy (non-hydrogen) atoms. The van der Waals surface area contributed by atoms with Gasteiger partial charge in [0.2, 0.25) is 0 Å². The van der Waals surface area contributed by atoms with Crippen LogP contribution in [-0.2, 0) is 11.3 Å². The second-order valence-electron chi connectivity index (χ2n) is 9.40. The highest BCUT2D eigenvalue weighted by atomic mass is 16.5. The Labute approximate surface area is 203 Å². The number of aryl methyl sites for hydroxylation is 1. The fourth-order valence-corrected chi connectivity index (χ4v) is 5.40. The van der Waals surface area contributed by atoms with Gasteiger partial charge in [-0.2, -0.15) is 0 Å². The molecular weight excluding hydrogens is 428 g/mol. The van der Waals surface area contributed by atoms with Gasteiger partial charge in [0, 0.05) is 37.9 Å². The summed E-state index contributed by atoms with van der Waals surface area (Å²) in [5.41, 5.74) is 3.05. The largest absolute Gasteiger partial charge is 0.496 e. The topological polar surface area (TPSA) is 51.2 Å². The minimum Gasteiger partial charge on any atom is -0.496 e. The zero-order valence-corrected chi connectivity index (χ0v) is 20.8. The maximum Gasteiger partial charge on any atom is 0.254 e. The van der Waals surface area contributed by atoms with Crippen molar-refractivity contribution in [1.29, 1.82) is 0 Å². The average Bonchev–Trinajstić information content (AvgIpc) is 2.85. The molecule has 0 N–H and O–H groups in total.